The van der Waals surface area contributed by atoms with E-state index in [4.69, 9.17) is 4.42 Å². The van der Waals surface area contributed by atoms with E-state index in [0.29, 0.717) is 22.0 Å². The maximum absolute atomic E-state index is 12.4. The smallest absolute Gasteiger partial charge is 0.277 e. The fourth-order valence-corrected chi connectivity index (χ4v) is 4.76. The Hall–Kier alpha value is -2.97. The van der Waals surface area contributed by atoms with E-state index < -0.39 is 0 Å². The van der Waals surface area contributed by atoms with Crippen molar-refractivity contribution in [1.82, 2.24) is 15.2 Å². The topological polar surface area (TPSA) is 72.1 Å². The van der Waals surface area contributed by atoms with Gasteiger partial charge in [0.05, 0.1) is 11.4 Å². The Morgan fingerprint density at radius 1 is 1.13 bits per heavy atom. The van der Waals surface area contributed by atoms with Crippen molar-refractivity contribution in [3.05, 3.63) is 70.7 Å². The van der Waals surface area contributed by atoms with Crippen LogP contribution in [-0.4, -0.2) is 21.1 Å². The van der Waals surface area contributed by atoms with E-state index in [1.807, 2.05) is 60.8 Å². The third kappa shape index (κ3) is 4.86. The van der Waals surface area contributed by atoms with Gasteiger partial charge in [-0.05, 0) is 37.1 Å². The van der Waals surface area contributed by atoms with Crippen LogP contribution in [0.5, 0.6) is 0 Å². The lowest BCUT2D eigenvalue weighted by Crippen LogP contribution is -2.23. The molecule has 2 heterocycles. The Morgan fingerprint density at radius 2 is 1.90 bits per heavy atom. The zero-order chi connectivity index (χ0) is 21.8. The van der Waals surface area contributed by atoms with Crippen LogP contribution in [0.2, 0.25) is 0 Å². The number of aromatic nitrogens is 3. The first-order valence-corrected chi connectivity index (χ1v) is 11.8. The van der Waals surface area contributed by atoms with E-state index in [-0.39, 0.29) is 5.91 Å². The van der Waals surface area contributed by atoms with Crippen molar-refractivity contribution in [2.24, 2.45) is 0 Å². The van der Waals surface area contributed by atoms with Crippen molar-refractivity contribution in [2.75, 3.05) is 4.90 Å². The number of carbonyl (C=O) groups is 1. The number of amides is 1. The fourth-order valence-electron chi connectivity index (χ4n) is 3.12. The Bertz CT molecular complexity index is 1180. The molecule has 0 saturated heterocycles. The van der Waals surface area contributed by atoms with Crippen LogP contribution in [0.1, 0.15) is 30.7 Å². The maximum Gasteiger partial charge on any atom is 0.277 e. The van der Waals surface area contributed by atoms with E-state index in [2.05, 4.69) is 22.1 Å². The molecular weight excluding hydrogens is 428 g/mol. The lowest BCUT2D eigenvalue weighted by atomic mass is 10.1. The number of para-hydroxylation sites is 1. The van der Waals surface area contributed by atoms with Crippen molar-refractivity contribution in [3.8, 4) is 11.5 Å². The van der Waals surface area contributed by atoms with Gasteiger partial charge in [-0.3, -0.25) is 9.69 Å². The molecule has 0 radical (unpaired) electrons. The van der Waals surface area contributed by atoms with Gasteiger partial charge < -0.3 is 4.42 Å². The highest BCUT2D eigenvalue weighted by atomic mass is 32.2. The largest absolute Gasteiger partial charge is 0.411 e. The lowest BCUT2D eigenvalue weighted by molar-refractivity contribution is -0.115. The Balaban J connectivity index is 1.47. The van der Waals surface area contributed by atoms with Gasteiger partial charge in [-0.25, -0.2) is 4.98 Å². The average Bonchev–Trinajstić information content (AvgIpc) is 3.43. The normalized spacial score (nSPS) is 10.9. The molecular formula is C23H22N4O2S2. The number of hydrogen-bond donors (Lipinski definition) is 0. The minimum Gasteiger partial charge on any atom is -0.411 e. The van der Waals surface area contributed by atoms with E-state index in [0.717, 1.165) is 28.9 Å². The third-order valence-corrected chi connectivity index (χ3v) is 6.43. The molecule has 0 aliphatic carbocycles. The number of nitrogens with zero attached hydrogens (tertiary/aromatic N) is 4. The van der Waals surface area contributed by atoms with Gasteiger partial charge in [-0.1, -0.05) is 54.6 Å². The van der Waals surface area contributed by atoms with Gasteiger partial charge in [-0.15, -0.1) is 21.5 Å². The molecule has 8 heteroatoms. The number of anilines is 2. The lowest BCUT2D eigenvalue weighted by Gasteiger charge is -2.20. The second kappa shape index (κ2) is 9.45. The van der Waals surface area contributed by atoms with Crippen LogP contribution in [-0.2, 0) is 17.0 Å². The molecule has 31 heavy (non-hydrogen) atoms. The van der Waals surface area contributed by atoms with Crippen LogP contribution in [0, 0.1) is 6.92 Å². The van der Waals surface area contributed by atoms with Crippen LogP contribution in [0.25, 0.3) is 11.5 Å². The predicted molar refractivity (Wildman–Crippen MR) is 125 cm³/mol. The van der Waals surface area contributed by atoms with E-state index in [1.54, 1.807) is 11.8 Å². The Morgan fingerprint density at radius 3 is 2.65 bits per heavy atom. The SMILES string of the molecule is CCc1ccccc1N(C(C)=O)c1nc(CSc2nnc(-c3ccc(C)cc3)o2)cs1. The molecule has 2 aromatic carbocycles. The molecule has 0 saturated carbocycles. The van der Waals surface area contributed by atoms with Crippen LogP contribution < -0.4 is 4.90 Å². The molecule has 4 aromatic rings. The van der Waals surface area contributed by atoms with Crippen molar-refractivity contribution in [1.29, 1.82) is 0 Å². The molecule has 1 amide bonds. The number of carbonyl (C=O) groups excluding carboxylic acids is 1. The zero-order valence-corrected chi connectivity index (χ0v) is 19.2. The Kier molecular flexibility index (Phi) is 6.48. The number of rotatable bonds is 7. The van der Waals surface area contributed by atoms with Gasteiger partial charge in [-0.2, -0.15) is 0 Å². The number of thioether (sulfide) groups is 1. The van der Waals surface area contributed by atoms with Gasteiger partial charge in [0.1, 0.15) is 0 Å². The molecule has 158 valence electrons. The van der Waals surface area contributed by atoms with Gasteiger partial charge in [0.25, 0.3) is 5.22 Å². The third-order valence-electron chi connectivity index (χ3n) is 4.71. The molecule has 0 atom stereocenters. The highest BCUT2D eigenvalue weighted by molar-refractivity contribution is 7.98. The minimum absolute atomic E-state index is 0.0610. The predicted octanol–water partition coefficient (Wildman–Crippen LogP) is 6.04. The molecule has 0 spiro atoms. The van der Waals surface area contributed by atoms with Gasteiger partial charge in [0.15, 0.2) is 5.13 Å². The molecule has 0 N–H and O–H groups in total. The van der Waals surface area contributed by atoms with Crippen LogP contribution in [0.4, 0.5) is 10.8 Å². The standard InChI is InChI=1S/C23H22N4O2S2/c1-4-17-7-5-6-8-20(17)27(16(3)28)22-24-19(13-30-22)14-31-23-26-25-21(29-23)18-11-9-15(2)10-12-18/h5-13H,4,14H2,1-3H3. The number of hydrogen-bond acceptors (Lipinski definition) is 7. The highest BCUT2D eigenvalue weighted by Gasteiger charge is 2.20. The second-order valence-corrected chi connectivity index (χ2v) is 8.75. The summed E-state index contributed by atoms with van der Waals surface area (Å²) < 4.78 is 5.78. The summed E-state index contributed by atoms with van der Waals surface area (Å²) in [6.45, 7) is 5.68. The second-order valence-electron chi connectivity index (χ2n) is 6.99. The quantitative estimate of drug-likeness (QED) is 0.320. The van der Waals surface area contributed by atoms with E-state index in [1.165, 1.54) is 28.7 Å². The van der Waals surface area contributed by atoms with E-state index >= 15 is 0 Å². The van der Waals surface area contributed by atoms with Crippen molar-refractivity contribution >= 4 is 39.8 Å². The first kappa shape index (κ1) is 21.3. The number of thiazole rings is 1. The van der Waals surface area contributed by atoms with Crippen molar-refractivity contribution in [3.63, 3.8) is 0 Å². The number of benzene rings is 2. The summed E-state index contributed by atoms with van der Waals surface area (Å²) in [7, 11) is 0. The molecule has 0 aliphatic rings. The summed E-state index contributed by atoms with van der Waals surface area (Å²) in [5.74, 6) is 1.02. The molecule has 0 aliphatic heterocycles. The summed E-state index contributed by atoms with van der Waals surface area (Å²) in [5, 5.41) is 11.4. The molecule has 0 fully saturated rings. The minimum atomic E-state index is -0.0610. The summed E-state index contributed by atoms with van der Waals surface area (Å²) in [6, 6.07) is 15.9. The summed E-state index contributed by atoms with van der Waals surface area (Å²) >= 11 is 2.88. The fraction of sp³-hybridized carbons (Fsp3) is 0.217. The van der Waals surface area contributed by atoms with Crippen LogP contribution in [0.3, 0.4) is 0 Å². The highest BCUT2D eigenvalue weighted by Crippen LogP contribution is 2.33. The van der Waals surface area contributed by atoms with Crippen LogP contribution >= 0.6 is 23.1 Å². The van der Waals surface area contributed by atoms with Gasteiger partial charge >= 0.3 is 0 Å². The maximum atomic E-state index is 12.4. The van der Waals surface area contributed by atoms with Gasteiger partial charge in [0.2, 0.25) is 11.8 Å². The summed E-state index contributed by atoms with van der Waals surface area (Å²) in [4.78, 5) is 18.8. The molecule has 0 unspecified atom stereocenters. The van der Waals surface area contributed by atoms with Crippen molar-refractivity contribution < 1.29 is 9.21 Å². The summed E-state index contributed by atoms with van der Waals surface area (Å²) in [5.41, 5.74) is 4.93. The molecule has 6 nitrogen and oxygen atoms in total. The van der Waals surface area contributed by atoms with Crippen molar-refractivity contribution in [2.45, 2.75) is 38.2 Å². The van der Waals surface area contributed by atoms with E-state index in [9.17, 15) is 4.79 Å². The first-order chi connectivity index (χ1) is 15.0. The monoisotopic (exact) mass is 450 g/mol. The summed E-state index contributed by atoms with van der Waals surface area (Å²) in [6.07, 6.45) is 0.842. The Labute approximate surface area is 189 Å². The zero-order valence-electron chi connectivity index (χ0n) is 17.5. The average molecular weight is 451 g/mol. The van der Waals surface area contributed by atoms with Crippen LogP contribution in [0.15, 0.2) is 63.6 Å². The first-order valence-electron chi connectivity index (χ1n) is 9.91. The molecule has 2 aromatic heterocycles. The number of aryl methyl sites for hydroxylation is 2. The van der Waals surface area contributed by atoms with Gasteiger partial charge in [0, 0.05) is 23.6 Å². The molecule has 4 rings (SSSR count). The molecule has 0 bridgehead atoms.